The van der Waals surface area contributed by atoms with Crippen molar-refractivity contribution in [3.05, 3.63) is 42.0 Å². The zero-order chi connectivity index (χ0) is 27.7. The van der Waals surface area contributed by atoms with E-state index in [1.54, 1.807) is 4.90 Å². The number of nitrogens with one attached hydrogen (secondary N) is 2. The molecule has 1 aromatic carbocycles. The highest BCUT2D eigenvalue weighted by Crippen LogP contribution is 2.55. The number of benzene rings is 1. The number of ether oxygens (including phenoxy) is 2. The molecular formula is C31H43N3O5. The molecule has 2 bridgehead atoms. The van der Waals surface area contributed by atoms with Crippen molar-refractivity contribution in [2.45, 2.75) is 89.5 Å². The van der Waals surface area contributed by atoms with E-state index in [0.29, 0.717) is 43.7 Å². The van der Waals surface area contributed by atoms with Gasteiger partial charge in [-0.2, -0.15) is 0 Å². The molecule has 2 saturated heterocycles. The Bertz CT molecular complexity index is 1100. The first-order valence-corrected chi connectivity index (χ1v) is 14.7. The molecule has 8 nitrogen and oxygen atoms in total. The Morgan fingerprint density at radius 1 is 1.15 bits per heavy atom. The van der Waals surface area contributed by atoms with Gasteiger partial charge in [-0.15, -0.1) is 0 Å². The number of hydrogen-bond acceptors (Lipinski definition) is 5. The maximum atomic E-state index is 14.0. The van der Waals surface area contributed by atoms with E-state index in [1.807, 2.05) is 43.3 Å². The van der Waals surface area contributed by atoms with Gasteiger partial charge in [0.15, 0.2) is 0 Å². The highest BCUT2D eigenvalue weighted by Gasteiger charge is 2.72. The molecule has 1 aliphatic carbocycles. The molecule has 1 saturated carbocycles. The topological polar surface area (TPSA) is 97.0 Å². The smallest absolute Gasteiger partial charge is 0.246 e. The van der Waals surface area contributed by atoms with Crippen LogP contribution in [0.3, 0.4) is 0 Å². The Hall–Kier alpha value is -2.71. The largest absolute Gasteiger partial charge is 0.382 e. The van der Waals surface area contributed by atoms with Gasteiger partial charge in [-0.3, -0.25) is 14.4 Å². The second-order valence-corrected chi connectivity index (χ2v) is 11.9. The molecule has 1 spiro atoms. The van der Waals surface area contributed by atoms with Gasteiger partial charge in [0.05, 0.1) is 17.9 Å². The zero-order valence-corrected chi connectivity index (χ0v) is 23.7. The summed E-state index contributed by atoms with van der Waals surface area (Å²) in [5.41, 5.74) is 0.733. The van der Waals surface area contributed by atoms with Crippen LogP contribution in [0.4, 0.5) is 5.69 Å². The molecule has 39 heavy (non-hydrogen) atoms. The van der Waals surface area contributed by atoms with Gasteiger partial charge < -0.3 is 25.0 Å². The monoisotopic (exact) mass is 537 g/mol. The zero-order valence-electron chi connectivity index (χ0n) is 23.7. The van der Waals surface area contributed by atoms with Crippen molar-refractivity contribution < 1.29 is 23.9 Å². The Labute approximate surface area is 231 Å². The van der Waals surface area contributed by atoms with Gasteiger partial charge in [0.2, 0.25) is 17.7 Å². The molecule has 0 aromatic heterocycles. The minimum atomic E-state index is -1.14. The average molecular weight is 538 g/mol. The molecule has 7 unspecified atom stereocenters. The molecule has 8 heteroatoms. The molecule has 5 rings (SSSR count). The lowest BCUT2D eigenvalue weighted by atomic mass is 9.74. The molecule has 1 aromatic rings. The van der Waals surface area contributed by atoms with Gasteiger partial charge in [-0.25, -0.2) is 0 Å². The second kappa shape index (κ2) is 11.4. The van der Waals surface area contributed by atoms with Crippen LogP contribution in [0.25, 0.3) is 0 Å². The number of hydrogen-bond donors (Lipinski definition) is 2. The summed E-state index contributed by atoms with van der Waals surface area (Å²) in [6.45, 7) is 9.83. The van der Waals surface area contributed by atoms with Crippen molar-refractivity contribution in [3.63, 3.8) is 0 Å². The number of carbonyl (C=O) groups excluding carboxylic acids is 3. The minimum absolute atomic E-state index is 0.0811. The minimum Gasteiger partial charge on any atom is -0.382 e. The normalized spacial score (nSPS) is 33.1. The van der Waals surface area contributed by atoms with Gasteiger partial charge in [-0.05, 0) is 55.7 Å². The van der Waals surface area contributed by atoms with Gasteiger partial charge in [0.1, 0.15) is 11.6 Å². The van der Waals surface area contributed by atoms with Crippen LogP contribution in [-0.4, -0.2) is 66.2 Å². The summed E-state index contributed by atoms with van der Waals surface area (Å²) in [5.74, 6) is -1.29. The average Bonchev–Trinajstić information content (AvgIpc) is 3.55. The lowest BCUT2D eigenvalue weighted by Crippen LogP contribution is -2.57. The quantitative estimate of drug-likeness (QED) is 0.347. The number of rotatable bonds is 10. The summed E-state index contributed by atoms with van der Waals surface area (Å²) < 4.78 is 12.0. The van der Waals surface area contributed by atoms with Crippen LogP contribution in [0.5, 0.6) is 0 Å². The van der Waals surface area contributed by atoms with Gasteiger partial charge in [0.25, 0.3) is 0 Å². The fraction of sp³-hybridized carbons (Fsp3) is 0.645. The highest BCUT2D eigenvalue weighted by atomic mass is 16.5. The fourth-order valence-corrected chi connectivity index (χ4v) is 6.96. The maximum absolute atomic E-state index is 14.0. The van der Waals surface area contributed by atoms with Crippen molar-refractivity contribution >= 4 is 23.4 Å². The number of carbonyl (C=O) groups is 3. The van der Waals surface area contributed by atoms with Crippen LogP contribution in [0, 0.1) is 17.8 Å². The van der Waals surface area contributed by atoms with Crippen LogP contribution >= 0.6 is 0 Å². The van der Waals surface area contributed by atoms with Crippen molar-refractivity contribution in [2.24, 2.45) is 17.8 Å². The van der Waals surface area contributed by atoms with Gasteiger partial charge >= 0.3 is 0 Å². The molecule has 3 amide bonds. The van der Waals surface area contributed by atoms with Crippen LogP contribution in [0.15, 0.2) is 36.4 Å². The van der Waals surface area contributed by atoms with Crippen molar-refractivity contribution in [3.8, 4) is 0 Å². The van der Waals surface area contributed by atoms with Crippen molar-refractivity contribution in [2.75, 3.05) is 25.1 Å². The van der Waals surface area contributed by atoms with Crippen LogP contribution < -0.4 is 10.6 Å². The van der Waals surface area contributed by atoms with E-state index in [9.17, 15) is 14.4 Å². The van der Waals surface area contributed by atoms with Crippen LogP contribution in [0.2, 0.25) is 0 Å². The molecule has 7 atom stereocenters. The first-order valence-electron chi connectivity index (χ1n) is 14.7. The summed E-state index contributed by atoms with van der Waals surface area (Å²) in [5, 5.41) is 6.28. The predicted octanol–water partition coefficient (Wildman–Crippen LogP) is 4.02. The molecule has 2 N–H and O–H groups in total. The summed E-state index contributed by atoms with van der Waals surface area (Å²) in [4.78, 5) is 43.2. The van der Waals surface area contributed by atoms with Crippen molar-refractivity contribution in [1.82, 2.24) is 10.2 Å². The number of anilines is 1. The van der Waals surface area contributed by atoms with E-state index < -0.39 is 29.6 Å². The third-order valence-corrected chi connectivity index (χ3v) is 9.10. The Morgan fingerprint density at radius 2 is 1.90 bits per heavy atom. The van der Waals surface area contributed by atoms with E-state index in [0.717, 1.165) is 19.3 Å². The molecule has 0 radical (unpaired) electrons. The molecule has 3 heterocycles. The lowest BCUT2D eigenvalue weighted by molar-refractivity contribution is -0.141. The maximum Gasteiger partial charge on any atom is 0.246 e. The third-order valence-electron chi connectivity index (χ3n) is 9.10. The van der Waals surface area contributed by atoms with E-state index in [2.05, 4.69) is 31.4 Å². The summed E-state index contributed by atoms with van der Waals surface area (Å²) in [6.07, 6.45) is 8.09. The van der Waals surface area contributed by atoms with E-state index in [-0.39, 0.29) is 23.8 Å². The highest BCUT2D eigenvalue weighted by molar-refractivity contribution is 6.02. The molecule has 3 fully saturated rings. The standard InChI is InChI=1S/C31H43N3O5/c1-5-38-18-8-17-34-27(29(36)33-23-10-7-6-9-20(23)4)31-16-15-24(39-31)25(26(31)30(34)37)28(35)32-22-13-11-21(12-14-22)19(2)3/h11-16,19-20,23-27H,5-10,17-18H2,1-4H3,(H,32,35)(H,33,36). The third kappa shape index (κ3) is 5.13. The number of fused-ring (bicyclic) bond motifs is 1. The van der Waals surface area contributed by atoms with E-state index in [1.165, 1.54) is 12.0 Å². The van der Waals surface area contributed by atoms with Gasteiger partial charge in [-0.1, -0.05) is 57.9 Å². The van der Waals surface area contributed by atoms with Crippen molar-refractivity contribution in [1.29, 1.82) is 0 Å². The Morgan fingerprint density at radius 3 is 2.59 bits per heavy atom. The predicted molar refractivity (Wildman–Crippen MR) is 149 cm³/mol. The van der Waals surface area contributed by atoms with Gasteiger partial charge in [0, 0.05) is 31.5 Å². The first-order chi connectivity index (χ1) is 18.8. The molecule has 4 aliphatic rings. The number of nitrogens with zero attached hydrogens (tertiary/aromatic N) is 1. The number of likely N-dealkylation sites (tertiary alicyclic amines) is 1. The van der Waals surface area contributed by atoms with Crippen LogP contribution in [-0.2, 0) is 23.9 Å². The fourth-order valence-electron chi connectivity index (χ4n) is 6.96. The second-order valence-electron chi connectivity index (χ2n) is 11.9. The molecule has 212 valence electrons. The van der Waals surface area contributed by atoms with E-state index in [4.69, 9.17) is 9.47 Å². The molecule has 3 aliphatic heterocycles. The lowest BCUT2D eigenvalue weighted by Gasteiger charge is -2.36. The Kier molecular flexibility index (Phi) is 8.15. The van der Waals surface area contributed by atoms with Crippen LogP contribution in [0.1, 0.15) is 71.3 Å². The first kappa shape index (κ1) is 27.8. The van der Waals surface area contributed by atoms with E-state index >= 15 is 0 Å². The Balaban J connectivity index is 1.39. The SMILES string of the molecule is CCOCCCN1C(=O)C2C(C(=O)Nc3ccc(C(C)C)cc3)C3C=CC2(O3)C1C(=O)NC1CCCCC1C. The number of amides is 3. The summed E-state index contributed by atoms with van der Waals surface area (Å²) in [6, 6.07) is 7.07. The summed E-state index contributed by atoms with van der Waals surface area (Å²) >= 11 is 0. The molecular weight excluding hydrogens is 494 g/mol. The summed E-state index contributed by atoms with van der Waals surface area (Å²) in [7, 11) is 0.